The van der Waals surface area contributed by atoms with Crippen LogP contribution in [0.5, 0.6) is 0 Å². The number of aryl methyl sites for hydroxylation is 1. The number of nitrogens with zero attached hydrogens (tertiary/aromatic N) is 2. The standard InChI is InChI=1S/C14H11ClFN3O/c1-19-14(17)11(9-3-2-4-10(15)12(9)16)13(18-19)8-5-6-20-7-8/h2-7H,17H2,1H3. The third-order valence-electron chi connectivity index (χ3n) is 3.11. The maximum atomic E-state index is 14.3. The SMILES string of the molecule is Cn1nc(-c2ccoc2)c(-c2cccc(Cl)c2F)c1N. The van der Waals surface area contributed by atoms with E-state index in [0.717, 1.165) is 5.56 Å². The molecule has 3 rings (SSSR count). The summed E-state index contributed by atoms with van der Waals surface area (Å²) in [6.45, 7) is 0. The van der Waals surface area contributed by atoms with Crippen LogP contribution in [0.15, 0.2) is 41.2 Å². The predicted molar refractivity (Wildman–Crippen MR) is 75.7 cm³/mol. The van der Waals surface area contributed by atoms with Crippen molar-refractivity contribution in [2.75, 3.05) is 5.73 Å². The van der Waals surface area contributed by atoms with Gasteiger partial charge in [0.25, 0.3) is 0 Å². The van der Waals surface area contributed by atoms with Gasteiger partial charge in [-0.3, -0.25) is 4.68 Å². The Hall–Kier alpha value is -2.27. The van der Waals surface area contributed by atoms with Crippen LogP contribution >= 0.6 is 11.6 Å². The summed E-state index contributed by atoms with van der Waals surface area (Å²) < 4.78 is 20.8. The van der Waals surface area contributed by atoms with Crippen molar-refractivity contribution in [1.82, 2.24) is 9.78 Å². The van der Waals surface area contributed by atoms with Gasteiger partial charge < -0.3 is 10.2 Å². The Morgan fingerprint density at radius 1 is 1.35 bits per heavy atom. The molecule has 2 heterocycles. The average Bonchev–Trinajstić information content (AvgIpc) is 3.04. The zero-order valence-electron chi connectivity index (χ0n) is 10.6. The van der Waals surface area contributed by atoms with Gasteiger partial charge in [0.1, 0.15) is 17.3 Å². The number of hydrogen-bond donors (Lipinski definition) is 1. The number of furan rings is 1. The van der Waals surface area contributed by atoms with Gasteiger partial charge in [-0.1, -0.05) is 23.7 Å². The van der Waals surface area contributed by atoms with Gasteiger partial charge in [-0.25, -0.2) is 4.39 Å². The van der Waals surface area contributed by atoms with Crippen molar-refractivity contribution in [3.63, 3.8) is 0 Å². The van der Waals surface area contributed by atoms with E-state index in [1.807, 2.05) is 0 Å². The highest BCUT2D eigenvalue weighted by Crippen LogP contribution is 2.38. The van der Waals surface area contributed by atoms with Crippen molar-refractivity contribution in [2.45, 2.75) is 0 Å². The predicted octanol–water partition coefficient (Wildman–Crippen LogP) is 3.72. The van der Waals surface area contributed by atoms with Crippen molar-refractivity contribution >= 4 is 17.4 Å². The quantitative estimate of drug-likeness (QED) is 0.783. The van der Waals surface area contributed by atoms with E-state index in [4.69, 9.17) is 21.8 Å². The van der Waals surface area contributed by atoms with Crippen molar-refractivity contribution in [3.05, 3.63) is 47.6 Å². The molecule has 0 amide bonds. The van der Waals surface area contributed by atoms with Gasteiger partial charge in [-0.2, -0.15) is 5.10 Å². The zero-order chi connectivity index (χ0) is 14.3. The largest absolute Gasteiger partial charge is 0.472 e. The minimum Gasteiger partial charge on any atom is -0.472 e. The normalized spacial score (nSPS) is 10.9. The van der Waals surface area contributed by atoms with Crippen LogP contribution in [-0.4, -0.2) is 9.78 Å². The number of nitrogen functional groups attached to an aromatic ring is 1. The summed E-state index contributed by atoms with van der Waals surface area (Å²) in [5.74, 6) is -0.152. The van der Waals surface area contributed by atoms with Crippen molar-refractivity contribution < 1.29 is 8.81 Å². The second-order valence-corrected chi connectivity index (χ2v) is 4.75. The average molecular weight is 292 g/mol. The molecule has 2 N–H and O–H groups in total. The van der Waals surface area contributed by atoms with Crippen LogP contribution in [0.25, 0.3) is 22.4 Å². The molecule has 0 bridgehead atoms. The fourth-order valence-electron chi connectivity index (χ4n) is 2.10. The minimum atomic E-state index is -0.515. The lowest BCUT2D eigenvalue weighted by molar-refractivity contribution is 0.568. The van der Waals surface area contributed by atoms with Crippen LogP contribution in [0.2, 0.25) is 5.02 Å². The van der Waals surface area contributed by atoms with Crippen LogP contribution < -0.4 is 5.73 Å². The first kappa shape index (κ1) is 12.7. The van der Waals surface area contributed by atoms with E-state index in [9.17, 15) is 4.39 Å². The third-order valence-corrected chi connectivity index (χ3v) is 3.40. The fraction of sp³-hybridized carbons (Fsp3) is 0.0714. The number of benzene rings is 1. The van der Waals surface area contributed by atoms with Crippen molar-refractivity contribution in [1.29, 1.82) is 0 Å². The lowest BCUT2D eigenvalue weighted by atomic mass is 10.0. The van der Waals surface area contributed by atoms with Gasteiger partial charge in [-0.05, 0) is 12.1 Å². The lowest BCUT2D eigenvalue weighted by Gasteiger charge is -2.05. The van der Waals surface area contributed by atoms with E-state index >= 15 is 0 Å². The monoisotopic (exact) mass is 291 g/mol. The van der Waals surface area contributed by atoms with Gasteiger partial charge in [0.15, 0.2) is 0 Å². The lowest BCUT2D eigenvalue weighted by Crippen LogP contribution is -1.98. The molecule has 3 aromatic rings. The molecule has 1 aromatic carbocycles. The van der Waals surface area contributed by atoms with Crippen molar-refractivity contribution in [2.24, 2.45) is 7.05 Å². The molecule has 0 saturated heterocycles. The molecule has 0 fully saturated rings. The molecule has 6 heteroatoms. The highest BCUT2D eigenvalue weighted by atomic mass is 35.5. The van der Waals surface area contributed by atoms with Gasteiger partial charge >= 0.3 is 0 Å². The summed E-state index contributed by atoms with van der Waals surface area (Å²) in [6.07, 6.45) is 3.06. The van der Waals surface area contributed by atoms with E-state index < -0.39 is 5.82 Å². The molecule has 0 unspecified atom stereocenters. The molecule has 0 atom stereocenters. The van der Waals surface area contributed by atoms with E-state index in [1.54, 1.807) is 25.2 Å². The molecule has 0 radical (unpaired) electrons. The topological polar surface area (TPSA) is 57.0 Å². The summed E-state index contributed by atoms with van der Waals surface area (Å²) in [7, 11) is 1.70. The van der Waals surface area contributed by atoms with Gasteiger partial charge in [0.05, 0.1) is 23.1 Å². The maximum Gasteiger partial charge on any atom is 0.149 e. The number of aromatic nitrogens is 2. The second-order valence-electron chi connectivity index (χ2n) is 4.35. The number of hydrogen-bond acceptors (Lipinski definition) is 3. The Balaban J connectivity index is 2.31. The smallest absolute Gasteiger partial charge is 0.149 e. The van der Waals surface area contributed by atoms with Crippen LogP contribution in [-0.2, 0) is 7.05 Å². The van der Waals surface area contributed by atoms with E-state index in [2.05, 4.69) is 5.10 Å². The zero-order valence-corrected chi connectivity index (χ0v) is 11.4. The Kier molecular flexibility index (Phi) is 2.99. The summed E-state index contributed by atoms with van der Waals surface area (Å²) >= 11 is 5.84. The van der Waals surface area contributed by atoms with Crippen LogP contribution in [0.3, 0.4) is 0 Å². The third kappa shape index (κ3) is 1.87. The fourth-order valence-corrected chi connectivity index (χ4v) is 2.28. The van der Waals surface area contributed by atoms with Crippen LogP contribution in [0.4, 0.5) is 10.2 Å². The molecule has 4 nitrogen and oxygen atoms in total. The second kappa shape index (κ2) is 4.68. The molecule has 0 spiro atoms. The molecule has 0 aliphatic heterocycles. The van der Waals surface area contributed by atoms with Gasteiger partial charge in [0, 0.05) is 18.2 Å². The number of halogens is 2. The molecule has 20 heavy (non-hydrogen) atoms. The van der Waals surface area contributed by atoms with Gasteiger partial charge in [-0.15, -0.1) is 0 Å². The van der Waals surface area contributed by atoms with Gasteiger partial charge in [0.2, 0.25) is 0 Å². The molecule has 0 aliphatic carbocycles. The Bertz CT molecular complexity index is 765. The van der Waals surface area contributed by atoms with E-state index in [-0.39, 0.29) is 5.02 Å². The summed E-state index contributed by atoms with van der Waals surface area (Å²) in [5, 5.41) is 4.37. The highest BCUT2D eigenvalue weighted by Gasteiger charge is 2.21. The molecule has 0 saturated carbocycles. The first-order valence-corrected chi connectivity index (χ1v) is 6.27. The van der Waals surface area contributed by atoms with Crippen LogP contribution in [0.1, 0.15) is 0 Å². The number of anilines is 1. The Labute approximate surface area is 119 Å². The van der Waals surface area contributed by atoms with E-state index in [0.29, 0.717) is 22.6 Å². The summed E-state index contributed by atoms with van der Waals surface area (Å²) in [4.78, 5) is 0. The summed E-state index contributed by atoms with van der Waals surface area (Å²) in [6, 6.07) is 6.53. The number of rotatable bonds is 2. The molecule has 0 aliphatic rings. The maximum absolute atomic E-state index is 14.3. The molecule has 2 aromatic heterocycles. The van der Waals surface area contributed by atoms with Crippen LogP contribution in [0, 0.1) is 5.82 Å². The van der Waals surface area contributed by atoms with Crippen molar-refractivity contribution in [3.8, 4) is 22.4 Å². The number of nitrogens with two attached hydrogens (primary N) is 1. The molecular weight excluding hydrogens is 281 g/mol. The Morgan fingerprint density at radius 3 is 2.85 bits per heavy atom. The first-order valence-electron chi connectivity index (χ1n) is 5.89. The molecular formula is C14H11ClFN3O. The minimum absolute atomic E-state index is 0.0453. The first-order chi connectivity index (χ1) is 9.59. The molecule has 102 valence electrons. The van der Waals surface area contributed by atoms with E-state index in [1.165, 1.54) is 23.3 Å². The summed E-state index contributed by atoms with van der Waals surface area (Å²) in [5.41, 5.74) is 8.13. The highest BCUT2D eigenvalue weighted by molar-refractivity contribution is 6.31. The Morgan fingerprint density at radius 2 is 2.15 bits per heavy atom.